The Labute approximate surface area is 191 Å². The zero-order valence-corrected chi connectivity index (χ0v) is 19.9. The number of rotatable bonds is 2. The highest BCUT2D eigenvalue weighted by Gasteiger charge is 2.06. The molecule has 1 fully saturated rings. The second-order valence-electron chi connectivity index (χ2n) is 5.86. The molecule has 0 radical (unpaired) electrons. The Morgan fingerprint density at radius 2 is 1.38 bits per heavy atom. The van der Waals surface area contributed by atoms with Crippen molar-refractivity contribution in [1.82, 2.24) is 20.9 Å². The standard InChI is InChI=1S/C17H29BrN4.4ClH/c18-17-5-1-4-16(14-17)15-22-12-3-8-20-10-9-19-6-2-7-21-11-13-22;;;;/h1,4-5,14,19-21H,2-3,6-13,15H2;4*1H. The molecule has 156 valence electrons. The van der Waals surface area contributed by atoms with Gasteiger partial charge in [-0.25, -0.2) is 0 Å². The van der Waals surface area contributed by atoms with E-state index in [2.05, 4.69) is 61.0 Å². The first-order valence-corrected chi connectivity index (χ1v) is 9.23. The van der Waals surface area contributed by atoms with Gasteiger partial charge in [0, 0.05) is 37.2 Å². The lowest BCUT2D eigenvalue weighted by Crippen LogP contribution is -2.36. The molecule has 1 aromatic carbocycles. The molecule has 0 unspecified atom stereocenters. The van der Waals surface area contributed by atoms with Crippen molar-refractivity contribution in [2.75, 3.05) is 52.4 Å². The van der Waals surface area contributed by atoms with Crippen LogP contribution in [0.3, 0.4) is 0 Å². The summed E-state index contributed by atoms with van der Waals surface area (Å²) >= 11 is 3.57. The molecule has 0 aromatic heterocycles. The summed E-state index contributed by atoms with van der Waals surface area (Å²) in [5, 5.41) is 10.5. The van der Waals surface area contributed by atoms with Crippen LogP contribution in [0.2, 0.25) is 0 Å². The van der Waals surface area contributed by atoms with Crippen LogP contribution in [0.1, 0.15) is 18.4 Å². The summed E-state index contributed by atoms with van der Waals surface area (Å²) in [7, 11) is 0. The second kappa shape index (κ2) is 20.4. The summed E-state index contributed by atoms with van der Waals surface area (Å²) in [4.78, 5) is 2.56. The molecule has 4 nitrogen and oxygen atoms in total. The van der Waals surface area contributed by atoms with E-state index in [0.717, 1.165) is 58.9 Å². The second-order valence-corrected chi connectivity index (χ2v) is 6.78. The van der Waals surface area contributed by atoms with Crippen LogP contribution in [-0.2, 0) is 6.54 Å². The molecule has 1 aliphatic heterocycles. The molecule has 1 saturated heterocycles. The number of benzene rings is 1. The average molecular weight is 515 g/mol. The number of nitrogens with zero attached hydrogens (tertiary/aromatic N) is 1. The monoisotopic (exact) mass is 512 g/mol. The van der Waals surface area contributed by atoms with Crippen LogP contribution in [0.25, 0.3) is 0 Å². The third-order valence-corrected chi connectivity index (χ3v) is 4.41. The molecule has 1 aliphatic rings. The maximum atomic E-state index is 3.57. The summed E-state index contributed by atoms with van der Waals surface area (Å²) in [6.45, 7) is 9.81. The molecule has 2 rings (SSSR count). The first-order chi connectivity index (χ1) is 10.8. The smallest absolute Gasteiger partial charge is 0.0234 e. The third kappa shape index (κ3) is 14.7. The average Bonchev–Trinajstić information content (AvgIpc) is 2.51. The van der Waals surface area contributed by atoms with Gasteiger partial charge in [0.2, 0.25) is 0 Å². The van der Waals surface area contributed by atoms with Crippen LogP contribution in [-0.4, -0.2) is 57.3 Å². The van der Waals surface area contributed by atoms with Crippen LogP contribution in [0.4, 0.5) is 0 Å². The van der Waals surface area contributed by atoms with E-state index in [9.17, 15) is 0 Å². The van der Waals surface area contributed by atoms with Gasteiger partial charge in [0.25, 0.3) is 0 Å². The van der Waals surface area contributed by atoms with Gasteiger partial charge in [-0.05, 0) is 56.7 Å². The van der Waals surface area contributed by atoms with Crippen molar-refractivity contribution in [1.29, 1.82) is 0 Å². The van der Waals surface area contributed by atoms with E-state index in [1.165, 1.54) is 22.9 Å². The number of halogens is 5. The molecule has 1 heterocycles. The number of hydrogen-bond acceptors (Lipinski definition) is 4. The zero-order valence-electron chi connectivity index (χ0n) is 15.0. The van der Waals surface area contributed by atoms with Crippen molar-refractivity contribution in [3.63, 3.8) is 0 Å². The molecule has 1 aromatic rings. The van der Waals surface area contributed by atoms with Gasteiger partial charge in [0.05, 0.1) is 0 Å². The largest absolute Gasteiger partial charge is 0.315 e. The minimum absolute atomic E-state index is 0. The lowest BCUT2D eigenvalue weighted by atomic mass is 10.2. The molecule has 0 bridgehead atoms. The molecular weight excluding hydrogens is 482 g/mol. The fourth-order valence-electron chi connectivity index (χ4n) is 2.72. The van der Waals surface area contributed by atoms with Crippen LogP contribution >= 0.6 is 65.6 Å². The van der Waals surface area contributed by atoms with Crippen molar-refractivity contribution in [2.24, 2.45) is 0 Å². The van der Waals surface area contributed by atoms with Gasteiger partial charge < -0.3 is 16.0 Å². The molecule has 0 saturated carbocycles. The number of nitrogens with one attached hydrogen (secondary N) is 3. The van der Waals surface area contributed by atoms with E-state index in [1.807, 2.05) is 0 Å². The van der Waals surface area contributed by atoms with E-state index < -0.39 is 0 Å². The fraction of sp³-hybridized carbons (Fsp3) is 0.647. The molecular formula is C17H33BrCl4N4. The van der Waals surface area contributed by atoms with E-state index in [0.29, 0.717) is 0 Å². The number of hydrogen-bond donors (Lipinski definition) is 3. The van der Waals surface area contributed by atoms with Crippen molar-refractivity contribution in [2.45, 2.75) is 19.4 Å². The Bertz CT molecular complexity index is 416. The Morgan fingerprint density at radius 1 is 0.769 bits per heavy atom. The van der Waals surface area contributed by atoms with Crippen LogP contribution in [0.5, 0.6) is 0 Å². The third-order valence-electron chi connectivity index (χ3n) is 3.91. The maximum absolute atomic E-state index is 3.57. The minimum Gasteiger partial charge on any atom is -0.315 e. The molecule has 0 spiro atoms. The molecule has 0 amide bonds. The van der Waals surface area contributed by atoms with Gasteiger partial charge in [-0.3, -0.25) is 4.90 Å². The molecule has 3 N–H and O–H groups in total. The Balaban J connectivity index is -0.00000132. The summed E-state index contributed by atoms with van der Waals surface area (Å²) in [6, 6.07) is 8.65. The lowest BCUT2D eigenvalue weighted by Gasteiger charge is -2.23. The van der Waals surface area contributed by atoms with Crippen molar-refractivity contribution < 1.29 is 0 Å². The van der Waals surface area contributed by atoms with Gasteiger partial charge >= 0.3 is 0 Å². The predicted molar refractivity (Wildman–Crippen MR) is 126 cm³/mol. The SMILES string of the molecule is Brc1cccc(CN2CCCNCCNCCCNCC2)c1.Cl.Cl.Cl.Cl. The van der Waals surface area contributed by atoms with Crippen molar-refractivity contribution in [3.05, 3.63) is 34.3 Å². The van der Waals surface area contributed by atoms with E-state index in [-0.39, 0.29) is 49.6 Å². The van der Waals surface area contributed by atoms with Crippen LogP contribution in [0, 0.1) is 0 Å². The minimum atomic E-state index is 0. The first-order valence-electron chi connectivity index (χ1n) is 8.43. The van der Waals surface area contributed by atoms with Gasteiger partial charge in [-0.2, -0.15) is 0 Å². The summed E-state index contributed by atoms with van der Waals surface area (Å²) in [6.07, 6.45) is 2.40. The fourth-order valence-corrected chi connectivity index (χ4v) is 3.17. The van der Waals surface area contributed by atoms with Gasteiger partial charge in [-0.1, -0.05) is 28.1 Å². The first kappa shape index (κ1) is 31.4. The quantitative estimate of drug-likeness (QED) is 0.565. The van der Waals surface area contributed by atoms with Crippen LogP contribution < -0.4 is 16.0 Å². The highest BCUT2D eigenvalue weighted by atomic mass is 79.9. The Morgan fingerprint density at radius 3 is 2.04 bits per heavy atom. The molecule has 0 atom stereocenters. The van der Waals surface area contributed by atoms with Gasteiger partial charge in [0.15, 0.2) is 0 Å². The lowest BCUT2D eigenvalue weighted by molar-refractivity contribution is 0.260. The van der Waals surface area contributed by atoms with E-state index >= 15 is 0 Å². The van der Waals surface area contributed by atoms with Gasteiger partial charge in [-0.15, -0.1) is 49.6 Å². The Kier molecular flexibility index (Phi) is 24.7. The van der Waals surface area contributed by atoms with Gasteiger partial charge in [0.1, 0.15) is 0 Å². The van der Waals surface area contributed by atoms with Crippen LogP contribution in [0.15, 0.2) is 28.7 Å². The summed E-state index contributed by atoms with van der Waals surface area (Å²) in [5.74, 6) is 0. The van der Waals surface area contributed by atoms with E-state index in [1.54, 1.807) is 0 Å². The zero-order chi connectivity index (χ0) is 15.5. The maximum Gasteiger partial charge on any atom is 0.0234 e. The summed E-state index contributed by atoms with van der Waals surface area (Å²) in [5.41, 5.74) is 1.38. The highest BCUT2D eigenvalue weighted by Crippen LogP contribution is 2.13. The normalized spacial score (nSPS) is 17.3. The Hall–Kier alpha value is 0.700. The topological polar surface area (TPSA) is 39.3 Å². The molecule has 9 heteroatoms. The van der Waals surface area contributed by atoms with E-state index in [4.69, 9.17) is 0 Å². The summed E-state index contributed by atoms with van der Waals surface area (Å²) < 4.78 is 1.17. The highest BCUT2D eigenvalue weighted by molar-refractivity contribution is 9.10. The van der Waals surface area contributed by atoms with Crippen molar-refractivity contribution >= 4 is 65.6 Å². The predicted octanol–water partition coefficient (Wildman–Crippen LogP) is 3.50. The molecule has 26 heavy (non-hydrogen) atoms. The molecule has 0 aliphatic carbocycles. The van der Waals surface area contributed by atoms with Crippen molar-refractivity contribution in [3.8, 4) is 0 Å².